The number of rotatable bonds is 4. The fourth-order valence-electron chi connectivity index (χ4n) is 1.27. The van der Waals surface area contributed by atoms with E-state index >= 15 is 0 Å². The highest BCUT2D eigenvalue weighted by Gasteiger charge is 2.10. The van der Waals surface area contributed by atoms with Crippen molar-refractivity contribution in [3.05, 3.63) is 29.8 Å². The summed E-state index contributed by atoms with van der Waals surface area (Å²) in [6.07, 6.45) is 0.751. The maximum absolute atomic E-state index is 9.51. The summed E-state index contributed by atoms with van der Waals surface area (Å²) in [7, 11) is 0. The Morgan fingerprint density at radius 1 is 1.36 bits per heavy atom. The lowest BCUT2D eigenvalue weighted by atomic mass is 10.1. The molecule has 0 amide bonds. The van der Waals surface area contributed by atoms with Crippen LogP contribution in [0.25, 0.3) is 0 Å². The molecule has 0 aliphatic heterocycles. The Morgan fingerprint density at radius 3 is 2.64 bits per heavy atom. The van der Waals surface area contributed by atoms with E-state index in [0.717, 1.165) is 18.7 Å². The monoisotopic (exact) mass is 193 g/mol. The van der Waals surface area contributed by atoms with Gasteiger partial charge in [-0.05, 0) is 44.9 Å². The summed E-state index contributed by atoms with van der Waals surface area (Å²) in [5.41, 5.74) is 1.78. The molecule has 78 valence electrons. The second-order valence-electron chi connectivity index (χ2n) is 4.36. The van der Waals surface area contributed by atoms with Gasteiger partial charge in [-0.25, -0.2) is 0 Å². The molecule has 14 heavy (non-hydrogen) atoms. The molecule has 0 fully saturated rings. The lowest BCUT2D eigenvalue weighted by molar-refractivity contribution is 0.0749. The van der Waals surface area contributed by atoms with E-state index in [-0.39, 0.29) is 0 Å². The molecule has 0 aliphatic rings. The van der Waals surface area contributed by atoms with Crippen molar-refractivity contribution in [2.75, 3.05) is 11.9 Å². The quantitative estimate of drug-likeness (QED) is 0.770. The largest absolute Gasteiger partial charge is 0.390 e. The van der Waals surface area contributed by atoms with Gasteiger partial charge in [-0.3, -0.25) is 0 Å². The van der Waals surface area contributed by atoms with Crippen LogP contribution in [0, 0.1) is 6.92 Å². The van der Waals surface area contributed by atoms with Crippen molar-refractivity contribution in [3.63, 3.8) is 0 Å². The smallest absolute Gasteiger partial charge is 0.0608 e. The molecule has 0 aromatic heterocycles. The number of aliphatic hydroxyl groups is 1. The first kappa shape index (κ1) is 11.1. The van der Waals surface area contributed by atoms with Crippen molar-refractivity contribution in [2.45, 2.75) is 32.8 Å². The van der Waals surface area contributed by atoms with Gasteiger partial charge in [-0.1, -0.05) is 12.1 Å². The van der Waals surface area contributed by atoms with Crippen LogP contribution in [0.15, 0.2) is 24.3 Å². The van der Waals surface area contributed by atoms with Crippen LogP contribution in [0.5, 0.6) is 0 Å². The zero-order chi connectivity index (χ0) is 10.6. The Bertz CT molecular complexity index is 289. The van der Waals surface area contributed by atoms with E-state index in [1.165, 1.54) is 5.56 Å². The molecule has 0 spiro atoms. The van der Waals surface area contributed by atoms with Crippen LogP contribution in [0.4, 0.5) is 5.69 Å². The van der Waals surface area contributed by atoms with Gasteiger partial charge in [0.05, 0.1) is 5.60 Å². The minimum Gasteiger partial charge on any atom is -0.390 e. The van der Waals surface area contributed by atoms with Gasteiger partial charge in [0.1, 0.15) is 0 Å². The summed E-state index contributed by atoms with van der Waals surface area (Å²) >= 11 is 0. The predicted octanol–water partition coefficient (Wildman–Crippen LogP) is 2.57. The Morgan fingerprint density at radius 2 is 2.07 bits per heavy atom. The fourth-order valence-corrected chi connectivity index (χ4v) is 1.27. The van der Waals surface area contributed by atoms with Gasteiger partial charge in [-0.2, -0.15) is 0 Å². The molecule has 0 saturated carbocycles. The van der Waals surface area contributed by atoms with E-state index in [2.05, 4.69) is 24.4 Å². The average molecular weight is 193 g/mol. The number of benzene rings is 1. The van der Waals surface area contributed by atoms with E-state index in [1.807, 2.05) is 26.0 Å². The summed E-state index contributed by atoms with van der Waals surface area (Å²) in [4.78, 5) is 0. The van der Waals surface area contributed by atoms with Gasteiger partial charge >= 0.3 is 0 Å². The average Bonchev–Trinajstić information content (AvgIpc) is 2.01. The van der Waals surface area contributed by atoms with Gasteiger partial charge in [0, 0.05) is 12.2 Å². The summed E-state index contributed by atoms with van der Waals surface area (Å²) in [6.45, 7) is 6.52. The molecule has 1 rings (SSSR count). The fraction of sp³-hybridized carbons (Fsp3) is 0.500. The molecule has 0 unspecified atom stereocenters. The van der Waals surface area contributed by atoms with E-state index in [4.69, 9.17) is 0 Å². The van der Waals surface area contributed by atoms with Crippen molar-refractivity contribution in [3.8, 4) is 0 Å². The normalized spacial score (nSPS) is 11.4. The molecular formula is C12H19NO. The van der Waals surface area contributed by atoms with Gasteiger partial charge in [0.15, 0.2) is 0 Å². The van der Waals surface area contributed by atoms with Crippen LogP contribution in [-0.2, 0) is 0 Å². The predicted molar refractivity (Wildman–Crippen MR) is 60.6 cm³/mol. The summed E-state index contributed by atoms with van der Waals surface area (Å²) in [6, 6.07) is 8.24. The number of hydrogen-bond donors (Lipinski definition) is 2. The second-order valence-corrected chi connectivity index (χ2v) is 4.36. The van der Waals surface area contributed by atoms with Gasteiger partial charge < -0.3 is 10.4 Å². The molecule has 2 nitrogen and oxygen atoms in total. The van der Waals surface area contributed by atoms with Crippen LogP contribution in [-0.4, -0.2) is 17.3 Å². The van der Waals surface area contributed by atoms with Gasteiger partial charge in [0.2, 0.25) is 0 Å². The third-order valence-corrected chi connectivity index (χ3v) is 2.08. The summed E-state index contributed by atoms with van der Waals surface area (Å²) in [5, 5.41) is 12.8. The highest BCUT2D eigenvalue weighted by Crippen LogP contribution is 2.11. The zero-order valence-electron chi connectivity index (χ0n) is 9.17. The van der Waals surface area contributed by atoms with E-state index in [1.54, 1.807) is 0 Å². The highest BCUT2D eigenvalue weighted by atomic mass is 16.3. The SMILES string of the molecule is Cc1cccc(NCCC(C)(C)O)c1. The summed E-state index contributed by atoms with van der Waals surface area (Å²) < 4.78 is 0. The standard InChI is InChI=1S/C12H19NO/c1-10-5-4-6-11(9-10)13-8-7-12(2,3)14/h4-6,9,13-14H,7-8H2,1-3H3. The third kappa shape index (κ3) is 4.28. The van der Waals surface area contributed by atoms with E-state index in [9.17, 15) is 5.11 Å². The topological polar surface area (TPSA) is 32.3 Å². The number of aryl methyl sites for hydroxylation is 1. The Kier molecular flexibility index (Phi) is 3.53. The maximum Gasteiger partial charge on any atom is 0.0608 e. The molecule has 1 aromatic carbocycles. The first-order valence-corrected chi connectivity index (χ1v) is 5.00. The van der Waals surface area contributed by atoms with Crippen LogP contribution in [0.1, 0.15) is 25.8 Å². The lowest BCUT2D eigenvalue weighted by Crippen LogP contribution is -2.22. The molecule has 0 atom stereocenters. The van der Waals surface area contributed by atoms with Crippen LogP contribution < -0.4 is 5.32 Å². The molecule has 0 aliphatic carbocycles. The van der Waals surface area contributed by atoms with Crippen LogP contribution in [0.3, 0.4) is 0 Å². The van der Waals surface area contributed by atoms with Crippen molar-refractivity contribution < 1.29 is 5.11 Å². The Hall–Kier alpha value is -1.02. The number of anilines is 1. The van der Waals surface area contributed by atoms with Crippen molar-refractivity contribution >= 4 is 5.69 Å². The molecule has 2 heteroatoms. The Balaban J connectivity index is 2.39. The lowest BCUT2D eigenvalue weighted by Gasteiger charge is -2.17. The van der Waals surface area contributed by atoms with Crippen LogP contribution in [0.2, 0.25) is 0 Å². The minimum absolute atomic E-state index is 0.586. The van der Waals surface area contributed by atoms with Crippen molar-refractivity contribution in [1.82, 2.24) is 0 Å². The van der Waals surface area contributed by atoms with Crippen molar-refractivity contribution in [1.29, 1.82) is 0 Å². The van der Waals surface area contributed by atoms with E-state index in [0.29, 0.717) is 0 Å². The maximum atomic E-state index is 9.51. The molecule has 2 N–H and O–H groups in total. The highest BCUT2D eigenvalue weighted by molar-refractivity contribution is 5.45. The molecule has 0 radical (unpaired) electrons. The minimum atomic E-state index is -0.586. The Labute approximate surface area is 86.0 Å². The molecule has 0 saturated heterocycles. The number of hydrogen-bond acceptors (Lipinski definition) is 2. The zero-order valence-corrected chi connectivity index (χ0v) is 9.17. The second kappa shape index (κ2) is 4.47. The number of nitrogens with one attached hydrogen (secondary N) is 1. The molecule has 1 aromatic rings. The first-order chi connectivity index (χ1) is 6.47. The summed E-state index contributed by atoms with van der Waals surface area (Å²) in [5.74, 6) is 0. The molecule has 0 heterocycles. The van der Waals surface area contributed by atoms with Gasteiger partial charge in [-0.15, -0.1) is 0 Å². The van der Waals surface area contributed by atoms with Gasteiger partial charge in [0.25, 0.3) is 0 Å². The van der Waals surface area contributed by atoms with Crippen LogP contribution >= 0.6 is 0 Å². The first-order valence-electron chi connectivity index (χ1n) is 5.00. The third-order valence-electron chi connectivity index (χ3n) is 2.08. The molecular weight excluding hydrogens is 174 g/mol. The van der Waals surface area contributed by atoms with Crippen molar-refractivity contribution in [2.24, 2.45) is 0 Å². The van der Waals surface area contributed by atoms with E-state index < -0.39 is 5.60 Å². The molecule has 0 bridgehead atoms.